The van der Waals surface area contributed by atoms with Crippen LogP contribution in [0.15, 0.2) is 16.3 Å². The number of amides is 1. The highest BCUT2D eigenvalue weighted by Crippen LogP contribution is 2.27. The van der Waals surface area contributed by atoms with Crippen LogP contribution < -0.4 is 10.5 Å². The number of hydrogen-bond acceptors (Lipinski definition) is 4. The Hall–Kier alpha value is -0.920. The SMILES string of the molecule is CC(NC(=O)C1CCCCCC1)c1ccc(S(N)(=O)=O)s1. The Labute approximate surface area is 130 Å². The molecule has 1 aliphatic rings. The van der Waals surface area contributed by atoms with Crippen molar-refractivity contribution in [3.63, 3.8) is 0 Å². The lowest BCUT2D eigenvalue weighted by Crippen LogP contribution is -2.32. The first-order chi connectivity index (χ1) is 9.88. The monoisotopic (exact) mass is 330 g/mol. The minimum Gasteiger partial charge on any atom is -0.349 e. The highest BCUT2D eigenvalue weighted by Gasteiger charge is 2.22. The topological polar surface area (TPSA) is 89.3 Å². The van der Waals surface area contributed by atoms with Crippen LogP contribution in [-0.4, -0.2) is 14.3 Å². The van der Waals surface area contributed by atoms with Gasteiger partial charge in [0.15, 0.2) is 0 Å². The average molecular weight is 330 g/mol. The minimum absolute atomic E-state index is 0.0787. The summed E-state index contributed by atoms with van der Waals surface area (Å²) in [4.78, 5) is 13.1. The largest absolute Gasteiger partial charge is 0.349 e. The van der Waals surface area contributed by atoms with Gasteiger partial charge < -0.3 is 5.32 Å². The van der Waals surface area contributed by atoms with E-state index in [2.05, 4.69) is 5.32 Å². The zero-order chi connectivity index (χ0) is 15.5. The number of sulfonamides is 1. The van der Waals surface area contributed by atoms with Gasteiger partial charge in [0.05, 0.1) is 6.04 Å². The first kappa shape index (κ1) is 16.5. The van der Waals surface area contributed by atoms with E-state index in [4.69, 9.17) is 5.14 Å². The van der Waals surface area contributed by atoms with Crippen LogP contribution in [-0.2, 0) is 14.8 Å². The van der Waals surface area contributed by atoms with Gasteiger partial charge in [0.25, 0.3) is 0 Å². The fourth-order valence-corrected chi connectivity index (χ4v) is 4.42. The van der Waals surface area contributed by atoms with Crippen molar-refractivity contribution in [2.24, 2.45) is 11.1 Å². The third-order valence-corrected chi connectivity index (χ3v) is 6.60. The molecule has 3 N–H and O–H groups in total. The summed E-state index contributed by atoms with van der Waals surface area (Å²) < 4.78 is 22.7. The molecule has 21 heavy (non-hydrogen) atoms. The molecule has 1 atom stereocenters. The second-order valence-corrected chi connectivity index (χ2v) is 8.52. The van der Waals surface area contributed by atoms with E-state index in [1.807, 2.05) is 6.92 Å². The van der Waals surface area contributed by atoms with E-state index < -0.39 is 10.0 Å². The highest BCUT2D eigenvalue weighted by molar-refractivity contribution is 7.91. The van der Waals surface area contributed by atoms with Gasteiger partial charge in [0.1, 0.15) is 4.21 Å². The molecular formula is C14H22N2O3S2. The molecule has 0 spiro atoms. The predicted molar refractivity (Wildman–Crippen MR) is 83.4 cm³/mol. The van der Waals surface area contributed by atoms with E-state index in [0.717, 1.165) is 41.9 Å². The summed E-state index contributed by atoms with van der Waals surface area (Å²) >= 11 is 1.11. The molecule has 1 amide bonds. The smallest absolute Gasteiger partial charge is 0.247 e. The van der Waals surface area contributed by atoms with Crippen LogP contribution in [0.2, 0.25) is 0 Å². The van der Waals surface area contributed by atoms with Gasteiger partial charge in [-0.2, -0.15) is 0 Å². The van der Waals surface area contributed by atoms with Crippen LogP contribution in [0, 0.1) is 5.92 Å². The summed E-state index contributed by atoms with van der Waals surface area (Å²) in [7, 11) is -3.66. The van der Waals surface area contributed by atoms with Gasteiger partial charge in [-0.05, 0) is 31.9 Å². The molecule has 1 heterocycles. The van der Waals surface area contributed by atoms with Crippen LogP contribution in [0.5, 0.6) is 0 Å². The lowest BCUT2D eigenvalue weighted by Gasteiger charge is -2.18. The number of nitrogens with two attached hydrogens (primary N) is 1. The molecule has 0 aliphatic heterocycles. The van der Waals surface area contributed by atoms with Crippen molar-refractivity contribution >= 4 is 27.3 Å². The first-order valence-electron chi connectivity index (χ1n) is 7.31. The van der Waals surface area contributed by atoms with Crippen LogP contribution in [0.25, 0.3) is 0 Å². The molecule has 1 aromatic heterocycles. The zero-order valence-corrected chi connectivity index (χ0v) is 13.8. The summed E-state index contributed by atoms with van der Waals surface area (Å²) in [6, 6.07) is 3.01. The second-order valence-electron chi connectivity index (χ2n) is 5.62. The Morgan fingerprint density at radius 3 is 2.43 bits per heavy atom. The maximum Gasteiger partial charge on any atom is 0.247 e. The van der Waals surface area contributed by atoms with Gasteiger partial charge in [0.2, 0.25) is 15.9 Å². The Morgan fingerprint density at radius 1 is 1.29 bits per heavy atom. The van der Waals surface area contributed by atoms with Crippen LogP contribution >= 0.6 is 11.3 Å². The van der Waals surface area contributed by atoms with Crippen molar-refractivity contribution in [1.82, 2.24) is 5.32 Å². The molecular weight excluding hydrogens is 308 g/mol. The predicted octanol–water partition coefficient (Wildman–Crippen LogP) is 2.54. The fraction of sp³-hybridized carbons (Fsp3) is 0.643. The maximum absolute atomic E-state index is 12.3. The van der Waals surface area contributed by atoms with Gasteiger partial charge in [-0.1, -0.05) is 25.7 Å². The van der Waals surface area contributed by atoms with E-state index in [9.17, 15) is 13.2 Å². The molecule has 2 rings (SSSR count). The van der Waals surface area contributed by atoms with E-state index in [0.29, 0.717) is 0 Å². The molecule has 1 fully saturated rings. The molecule has 118 valence electrons. The number of carbonyl (C=O) groups excluding carboxylic acids is 1. The fourth-order valence-electron chi connectivity index (χ4n) is 2.66. The molecule has 0 bridgehead atoms. The molecule has 7 heteroatoms. The van der Waals surface area contributed by atoms with Gasteiger partial charge in [-0.3, -0.25) is 4.79 Å². The van der Waals surface area contributed by atoms with Crippen LogP contribution in [0.4, 0.5) is 0 Å². The van der Waals surface area contributed by atoms with E-state index in [-0.39, 0.29) is 22.1 Å². The average Bonchev–Trinajstić information content (AvgIpc) is 2.75. The molecule has 5 nitrogen and oxygen atoms in total. The van der Waals surface area contributed by atoms with E-state index >= 15 is 0 Å². The van der Waals surface area contributed by atoms with Gasteiger partial charge in [-0.15, -0.1) is 11.3 Å². The Bertz CT molecular complexity index is 587. The number of hydrogen-bond donors (Lipinski definition) is 2. The number of thiophene rings is 1. The third kappa shape index (κ3) is 4.52. The Balaban J connectivity index is 1.98. The summed E-state index contributed by atoms with van der Waals surface area (Å²) in [5, 5.41) is 8.10. The third-order valence-electron chi connectivity index (χ3n) is 3.89. The second kappa shape index (κ2) is 6.89. The number of carbonyl (C=O) groups is 1. The molecule has 0 radical (unpaired) electrons. The van der Waals surface area contributed by atoms with Gasteiger partial charge in [-0.25, -0.2) is 13.6 Å². The molecule has 0 aromatic carbocycles. The zero-order valence-electron chi connectivity index (χ0n) is 12.2. The van der Waals surface area contributed by atoms with Crippen molar-refractivity contribution in [3.05, 3.63) is 17.0 Å². The van der Waals surface area contributed by atoms with Crippen molar-refractivity contribution in [3.8, 4) is 0 Å². The molecule has 1 saturated carbocycles. The first-order valence-corrected chi connectivity index (χ1v) is 9.67. The summed E-state index contributed by atoms with van der Waals surface area (Å²) in [6.07, 6.45) is 6.54. The number of primary sulfonamides is 1. The van der Waals surface area contributed by atoms with Crippen molar-refractivity contribution in [2.45, 2.75) is 55.7 Å². The summed E-state index contributed by atoms with van der Waals surface area (Å²) in [5.74, 6) is 0.169. The molecule has 1 aliphatic carbocycles. The molecule has 0 saturated heterocycles. The standard InChI is InChI=1S/C14H22N2O3S2/c1-10(12-8-9-13(20-12)21(15,18)19)16-14(17)11-6-4-2-3-5-7-11/h8-11H,2-7H2,1H3,(H,16,17)(H2,15,18,19). The minimum atomic E-state index is -3.66. The van der Waals surface area contributed by atoms with Crippen molar-refractivity contribution in [1.29, 1.82) is 0 Å². The van der Waals surface area contributed by atoms with Gasteiger partial charge >= 0.3 is 0 Å². The van der Waals surface area contributed by atoms with E-state index in [1.165, 1.54) is 18.9 Å². The maximum atomic E-state index is 12.3. The number of rotatable bonds is 4. The quantitative estimate of drug-likeness (QED) is 0.831. The normalized spacial score (nSPS) is 19.0. The Kier molecular flexibility index (Phi) is 5.40. The van der Waals surface area contributed by atoms with Crippen LogP contribution in [0.1, 0.15) is 56.4 Å². The summed E-state index contributed by atoms with van der Waals surface area (Å²) in [6.45, 7) is 1.87. The number of nitrogens with one attached hydrogen (secondary N) is 1. The van der Waals surface area contributed by atoms with Crippen molar-refractivity contribution in [2.75, 3.05) is 0 Å². The highest BCUT2D eigenvalue weighted by atomic mass is 32.2. The lowest BCUT2D eigenvalue weighted by atomic mass is 9.99. The molecule has 1 unspecified atom stereocenters. The van der Waals surface area contributed by atoms with Crippen LogP contribution in [0.3, 0.4) is 0 Å². The van der Waals surface area contributed by atoms with Crippen molar-refractivity contribution < 1.29 is 13.2 Å². The Morgan fingerprint density at radius 2 is 1.90 bits per heavy atom. The summed E-state index contributed by atoms with van der Waals surface area (Å²) in [5.41, 5.74) is 0. The molecule has 1 aromatic rings. The lowest BCUT2D eigenvalue weighted by molar-refractivity contribution is -0.126. The van der Waals surface area contributed by atoms with E-state index in [1.54, 1.807) is 6.07 Å². The van der Waals surface area contributed by atoms with Gasteiger partial charge in [0, 0.05) is 10.8 Å².